The lowest BCUT2D eigenvalue weighted by Gasteiger charge is -2.11. The predicted octanol–water partition coefficient (Wildman–Crippen LogP) is 3.11. The van der Waals surface area contributed by atoms with Gasteiger partial charge in [0.2, 0.25) is 5.16 Å². The summed E-state index contributed by atoms with van der Waals surface area (Å²) in [5, 5.41) is 17.9. The number of aliphatic hydroxyl groups is 1. The van der Waals surface area contributed by atoms with E-state index < -0.39 is 6.10 Å². The van der Waals surface area contributed by atoms with Crippen molar-refractivity contribution in [2.45, 2.75) is 30.9 Å². The Kier molecular flexibility index (Phi) is 4.27. The number of hydrogen-bond acceptors (Lipinski definition) is 4. The molecule has 2 rings (SSSR count). The number of nitrogens with one attached hydrogen (secondary N) is 1. The van der Waals surface area contributed by atoms with Crippen LogP contribution in [-0.4, -0.2) is 20.3 Å². The van der Waals surface area contributed by atoms with Crippen LogP contribution < -0.4 is 0 Å². The Morgan fingerprint density at radius 1 is 1.50 bits per heavy atom. The van der Waals surface area contributed by atoms with Crippen LogP contribution in [0, 0.1) is 6.92 Å². The molecule has 1 heterocycles. The van der Waals surface area contributed by atoms with Gasteiger partial charge in [0.25, 0.3) is 0 Å². The minimum atomic E-state index is -0.508. The molecule has 0 aliphatic heterocycles. The molecule has 0 aliphatic rings. The summed E-state index contributed by atoms with van der Waals surface area (Å²) in [5.74, 6) is 1.47. The van der Waals surface area contributed by atoms with E-state index in [1.165, 1.54) is 11.8 Å². The molecule has 1 aromatic heterocycles. The smallest absolute Gasteiger partial charge is 0.208 e. The molecule has 4 nitrogen and oxygen atoms in total. The van der Waals surface area contributed by atoms with E-state index in [0.717, 1.165) is 17.0 Å². The van der Waals surface area contributed by atoms with E-state index >= 15 is 0 Å². The van der Waals surface area contributed by atoms with Crippen molar-refractivity contribution in [1.29, 1.82) is 0 Å². The molecule has 1 aromatic carbocycles. The first kappa shape index (κ1) is 13.4. The van der Waals surface area contributed by atoms with Crippen molar-refractivity contribution < 1.29 is 5.11 Å². The predicted molar refractivity (Wildman–Crippen MR) is 72.8 cm³/mol. The van der Waals surface area contributed by atoms with E-state index in [2.05, 4.69) is 15.2 Å². The number of aliphatic hydroxyl groups excluding tert-OH is 1. The van der Waals surface area contributed by atoms with Crippen molar-refractivity contribution in [1.82, 2.24) is 15.2 Å². The normalized spacial score (nSPS) is 12.7. The van der Waals surface area contributed by atoms with Gasteiger partial charge in [-0.25, -0.2) is 4.98 Å². The molecule has 0 aliphatic carbocycles. The highest BCUT2D eigenvalue weighted by atomic mass is 35.5. The van der Waals surface area contributed by atoms with Gasteiger partial charge >= 0.3 is 0 Å². The number of aryl methyl sites for hydroxylation is 1. The van der Waals surface area contributed by atoms with Crippen molar-refractivity contribution in [3.8, 4) is 0 Å². The molecule has 18 heavy (non-hydrogen) atoms. The summed E-state index contributed by atoms with van der Waals surface area (Å²) in [6.07, 6.45) is -0.508. The number of hydrogen-bond donors (Lipinski definition) is 2. The first-order valence-electron chi connectivity index (χ1n) is 5.54. The van der Waals surface area contributed by atoms with Gasteiger partial charge in [0.05, 0.1) is 6.10 Å². The Morgan fingerprint density at radius 2 is 2.28 bits per heavy atom. The average molecular weight is 284 g/mol. The van der Waals surface area contributed by atoms with Gasteiger partial charge < -0.3 is 5.11 Å². The number of benzene rings is 1. The quantitative estimate of drug-likeness (QED) is 0.847. The highest BCUT2D eigenvalue weighted by Crippen LogP contribution is 2.27. The largest absolute Gasteiger partial charge is 0.389 e. The van der Waals surface area contributed by atoms with Crippen molar-refractivity contribution >= 4 is 23.4 Å². The van der Waals surface area contributed by atoms with E-state index in [1.54, 1.807) is 13.0 Å². The number of aromatic amines is 1. The minimum absolute atomic E-state index is 0.508. The van der Waals surface area contributed by atoms with Gasteiger partial charge in [-0.3, -0.25) is 5.10 Å². The van der Waals surface area contributed by atoms with E-state index in [9.17, 15) is 5.11 Å². The molecule has 6 heteroatoms. The van der Waals surface area contributed by atoms with Crippen molar-refractivity contribution in [2.24, 2.45) is 0 Å². The molecule has 0 spiro atoms. The highest BCUT2D eigenvalue weighted by molar-refractivity contribution is 7.98. The van der Waals surface area contributed by atoms with Crippen LogP contribution in [-0.2, 0) is 5.75 Å². The Labute approximate surface area is 115 Å². The molecular formula is C12H14ClN3OS. The third-order valence-corrected chi connectivity index (χ3v) is 3.62. The van der Waals surface area contributed by atoms with Gasteiger partial charge in [0, 0.05) is 10.8 Å². The number of aromatic nitrogens is 3. The lowest BCUT2D eigenvalue weighted by Crippen LogP contribution is -1.97. The van der Waals surface area contributed by atoms with Crippen LogP contribution >= 0.6 is 23.4 Å². The number of H-pyrrole nitrogens is 1. The highest BCUT2D eigenvalue weighted by Gasteiger charge is 2.10. The molecule has 0 bridgehead atoms. The molecule has 2 aromatic rings. The van der Waals surface area contributed by atoms with E-state index in [1.807, 2.05) is 19.1 Å². The Balaban J connectivity index is 2.15. The van der Waals surface area contributed by atoms with Crippen LogP contribution in [0.5, 0.6) is 0 Å². The topological polar surface area (TPSA) is 61.8 Å². The molecule has 0 saturated heterocycles. The molecule has 0 amide bonds. The number of halogens is 1. The molecule has 1 atom stereocenters. The lowest BCUT2D eigenvalue weighted by atomic mass is 10.0. The van der Waals surface area contributed by atoms with Gasteiger partial charge in [-0.05, 0) is 37.1 Å². The summed E-state index contributed by atoms with van der Waals surface area (Å²) < 4.78 is 0. The summed E-state index contributed by atoms with van der Waals surface area (Å²) in [6.45, 7) is 3.60. The number of thioether (sulfide) groups is 1. The number of rotatable bonds is 4. The maximum Gasteiger partial charge on any atom is 0.208 e. The second-order valence-corrected chi connectivity index (χ2v) is 5.39. The zero-order valence-corrected chi connectivity index (χ0v) is 11.7. The standard InChI is InChI=1S/C12H14ClN3OS/c1-7(17)11-4-3-10(13)5-9(11)6-18-12-14-8(2)15-16-12/h3-5,7,17H,6H2,1-2H3,(H,14,15,16). The second kappa shape index (κ2) is 5.73. The SMILES string of the molecule is Cc1nc(SCc2cc(Cl)ccc2C(C)O)n[nH]1. The molecule has 2 N–H and O–H groups in total. The molecule has 0 fully saturated rings. The lowest BCUT2D eigenvalue weighted by molar-refractivity contribution is 0.198. The fraction of sp³-hybridized carbons (Fsp3) is 0.333. The van der Waals surface area contributed by atoms with E-state index in [4.69, 9.17) is 11.6 Å². The summed E-state index contributed by atoms with van der Waals surface area (Å²) >= 11 is 7.49. The average Bonchev–Trinajstić information content (AvgIpc) is 2.72. The molecule has 0 saturated carbocycles. The van der Waals surface area contributed by atoms with Crippen molar-refractivity contribution in [3.63, 3.8) is 0 Å². The van der Waals surface area contributed by atoms with Crippen molar-refractivity contribution in [3.05, 3.63) is 40.2 Å². The van der Waals surface area contributed by atoms with Gasteiger partial charge in [0.1, 0.15) is 5.82 Å². The van der Waals surface area contributed by atoms with E-state index in [-0.39, 0.29) is 0 Å². The van der Waals surface area contributed by atoms with Crippen LogP contribution in [0.1, 0.15) is 30.0 Å². The molecule has 0 radical (unpaired) electrons. The summed E-state index contributed by atoms with van der Waals surface area (Å²) in [4.78, 5) is 4.22. The van der Waals surface area contributed by atoms with E-state index in [0.29, 0.717) is 15.9 Å². The zero-order chi connectivity index (χ0) is 13.1. The third-order valence-electron chi connectivity index (χ3n) is 2.49. The fourth-order valence-corrected chi connectivity index (χ4v) is 2.68. The Hall–Kier alpha value is -1.04. The monoisotopic (exact) mass is 283 g/mol. The van der Waals surface area contributed by atoms with Crippen LogP contribution in [0.4, 0.5) is 0 Å². The van der Waals surface area contributed by atoms with Gasteiger partial charge in [-0.2, -0.15) is 0 Å². The van der Waals surface area contributed by atoms with Gasteiger partial charge in [-0.1, -0.05) is 29.4 Å². The zero-order valence-electron chi connectivity index (χ0n) is 10.1. The molecular weight excluding hydrogens is 270 g/mol. The second-order valence-electron chi connectivity index (χ2n) is 4.01. The summed E-state index contributed by atoms with van der Waals surface area (Å²) in [7, 11) is 0. The van der Waals surface area contributed by atoms with Crippen LogP contribution in [0.3, 0.4) is 0 Å². The molecule has 96 valence electrons. The fourth-order valence-electron chi connectivity index (χ4n) is 1.64. The van der Waals surface area contributed by atoms with Gasteiger partial charge in [-0.15, -0.1) is 5.10 Å². The van der Waals surface area contributed by atoms with Crippen LogP contribution in [0.15, 0.2) is 23.4 Å². The summed E-state index contributed by atoms with van der Waals surface area (Å²) in [5.41, 5.74) is 1.89. The Morgan fingerprint density at radius 3 is 2.89 bits per heavy atom. The van der Waals surface area contributed by atoms with Crippen molar-refractivity contribution in [2.75, 3.05) is 0 Å². The first-order valence-corrected chi connectivity index (χ1v) is 6.91. The molecule has 1 unspecified atom stereocenters. The maximum atomic E-state index is 9.71. The minimum Gasteiger partial charge on any atom is -0.389 e. The first-order chi connectivity index (χ1) is 8.56. The summed E-state index contributed by atoms with van der Waals surface area (Å²) in [6, 6.07) is 5.51. The van der Waals surface area contributed by atoms with Gasteiger partial charge in [0.15, 0.2) is 0 Å². The Bertz CT molecular complexity index is 542. The number of nitrogens with zero attached hydrogens (tertiary/aromatic N) is 2. The van der Waals surface area contributed by atoms with Crippen LogP contribution in [0.25, 0.3) is 0 Å². The third kappa shape index (κ3) is 3.25. The maximum absolute atomic E-state index is 9.71. The van der Waals surface area contributed by atoms with Crippen LogP contribution in [0.2, 0.25) is 5.02 Å².